The highest BCUT2D eigenvalue weighted by Gasteiger charge is 2.09. The van der Waals surface area contributed by atoms with Crippen LogP contribution in [-0.2, 0) is 0 Å². The molecule has 0 radical (unpaired) electrons. The molecule has 0 aliphatic carbocycles. The van der Waals surface area contributed by atoms with Gasteiger partial charge >= 0.3 is 0 Å². The maximum atomic E-state index is 13.0. The maximum absolute atomic E-state index is 13.0. The average Bonchev–Trinajstić information content (AvgIpc) is 2.09. The highest BCUT2D eigenvalue weighted by Crippen LogP contribution is 2.10. The van der Waals surface area contributed by atoms with Gasteiger partial charge in [0, 0.05) is 0 Å². The van der Waals surface area contributed by atoms with Gasteiger partial charge in [-0.25, -0.2) is 4.39 Å². The van der Waals surface area contributed by atoms with Gasteiger partial charge in [-0.05, 0) is 31.3 Å². The number of benzene rings is 1. The van der Waals surface area contributed by atoms with Crippen molar-refractivity contribution in [3.8, 4) is 0 Å². The summed E-state index contributed by atoms with van der Waals surface area (Å²) in [5.74, 6) is -1.29. The van der Waals surface area contributed by atoms with Crippen molar-refractivity contribution in [3.05, 3.63) is 35.1 Å². The number of nitrogens with zero attached hydrogens (tertiary/aromatic N) is 1. The van der Waals surface area contributed by atoms with Gasteiger partial charge in [0.1, 0.15) is 5.82 Å². The summed E-state index contributed by atoms with van der Waals surface area (Å²) in [6.07, 6.45) is 0. The van der Waals surface area contributed by atoms with Gasteiger partial charge in [0.25, 0.3) is 5.91 Å². The van der Waals surface area contributed by atoms with Crippen molar-refractivity contribution in [2.45, 2.75) is 6.92 Å². The number of carbonyl (C=O) groups is 1. The SMILES string of the molecule is Cc1ccc(F)c(C(=O)N=C=S)c1. The van der Waals surface area contributed by atoms with E-state index in [1.165, 1.54) is 12.1 Å². The van der Waals surface area contributed by atoms with E-state index in [4.69, 9.17) is 0 Å². The summed E-state index contributed by atoms with van der Waals surface area (Å²) in [6, 6.07) is 4.22. The standard InChI is InChI=1S/C9H6FNOS/c1-6-2-3-8(10)7(4-6)9(12)11-5-13/h2-4H,1H3. The lowest BCUT2D eigenvalue weighted by Gasteiger charge is -1.97. The van der Waals surface area contributed by atoms with E-state index in [1.54, 1.807) is 13.0 Å². The Balaban J connectivity index is 3.20. The molecule has 1 amide bonds. The molecule has 1 rings (SSSR count). The van der Waals surface area contributed by atoms with Crippen molar-refractivity contribution >= 4 is 23.3 Å². The fourth-order valence-corrected chi connectivity index (χ4v) is 0.988. The quantitative estimate of drug-likeness (QED) is 0.508. The molecule has 4 heteroatoms. The minimum Gasteiger partial charge on any atom is -0.266 e. The molecule has 0 aromatic heterocycles. The number of carbonyl (C=O) groups excluding carboxylic acids is 1. The second-order valence-electron chi connectivity index (χ2n) is 2.49. The van der Waals surface area contributed by atoms with Gasteiger partial charge in [-0.3, -0.25) is 4.79 Å². The smallest absolute Gasteiger partial charge is 0.266 e. The number of aliphatic imine (C=N–C) groups is 1. The van der Waals surface area contributed by atoms with E-state index in [2.05, 4.69) is 17.2 Å². The molecular weight excluding hydrogens is 189 g/mol. The molecule has 0 saturated carbocycles. The zero-order valence-electron chi connectivity index (χ0n) is 6.87. The number of thiocarbonyl (C=S) groups is 1. The second-order valence-corrected chi connectivity index (χ2v) is 2.67. The third-order valence-corrected chi connectivity index (χ3v) is 1.59. The zero-order valence-corrected chi connectivity index (χ0v) is 7.69. The Labute approximate surface area is 80.1 Å². The molecule has 0 saturated heterocycles. The topological polar surface area (TPSA) is 29.4 Å². The lowest BCUT2D eigenvalue weighted by Crippen LogP contribution is -1.98. The first kappa shape index (κ1) is 9.71. The first-order chi connectivity index (χ1) is 6.15. The van der Waals surface area contributed by atoms with Crippen molar-refractivity contribution in [2.24, 2.45) is 4.99 Å². The molecule has 2 nitrogen and oxygen atoms in total. The first-order valence-corrected chi connectivity index (χ1v) is 3.94. The zero-order chi connectivity index (χ0) is 9.84. The molecule has 0 bridgehead atoms. The largest absolute Gasteiger partial charge is 0.288 e. The van der Waals surface area contributed by atoms with Crippen LogP contribution in [0.25, 0.3) is 0 Å². The van der Waals surface area contributed by atoms with Crippen molar-refractivity contribution in [2.75, 3.05) is 0 Å². The molecule has 0 fully saturated rings. The molecule has 0 aliphatic rings. The molecule has 13 heavy (non-hydrogen) atoms. The number of halogens is 1. The lowest BCUT2D eigenvalue weighted by atomic mass is 10.1. The highest BCUT2D eigenvalue weighted by atomic mass is 32.1. The van der Waals surface area contributed by atoms with Crippen LogP contribution in [0.3, 0.4) is 0 Å². The summed E-state index contributed by atoms with van der Waals surface area (Å²) in [4.78, 5) is 14.3. The summed E-state index contributed by atoms with van der Waals surface area (Å²) in [7, 11) is 0. The predicted octanol–water partition coefficient (Wildman–Crippen LogP) is 2.38. The normalized spacial score (nSPS) is 9.08. The number of isothiocyanates is 1. The van der Waals surface area contributed by atoms with E-state index in [9.17, 15) is 9.18 Å². The minimum atomic E-state index is -0.698. The number of amides is 1. The fraction of sp³-hybridized carbons (Fsp3) is 0.111. The van der Waals surface area contributed by atoms with Crippen molar-refractivity contribution in [1.82, 2.24) is 0 Å². The van der Waals surface area contributed by atoms with Crippen LogP contribution in [0.15, 0.2) is 23.2 Å². The molecule has 0 N–H and O–H groups in total. The van der Waals surface area contributed by atoms with Crippen LogP contribution in [0.1, 0.15) is 15.9 Å². The average molecular weight is 195 g/mol. The predicted molar refractivity (Wildman–Crippen MR) is 50.5 cm³/mol. The van der Waals surface area contributed by atoms with E-state index < -0.39 is 11.7 Å². The van der Waals surface area contributed by atoms with E-state index in [-0.39, 0.29) is 5.56 Å². The Kier molecular flexibility index (Phi) is 3.01. The highest BCUT2D eigenvalue weighted by molar-refractivity contribution is 7.78. The molecule has 0 unspecified atom stereocenters. The molecule has 0 aliphatic heterocycles. The minimum absolute atomic E-state index is 0.0719. The summed E-state index contributed by atoms with van der Waals surface area (Å²) in [5.41, 5.74) is 0.724. The Morgan fingerprint density at radius 3 is 2.92 bits per heavy atom. The molecular formula is C9H6FNOS. The van der Waals surface area contributed by atoms with Crippen LogP contribution in [0.2, 0.25) is 0 Å². The van der Waals surface area contributed by atoms with Gasteiger partial charge in [0.15, 0.2) is 0 Å². The molecule has 0 heterocycles. The molecule has 0 spiro atoms. The number of hydrogen-bond acceptors (Lipinski definition) is 2. The van der Waals surface area contributed by atoms with Crippen LogP contribution in [-0.4, -0.2) is 11.1 Å². The number of hydrogen-bond donors (Lipinski definition) is 0. The summed E-state index contributed by atoms with van der Waals surface area (Å²) < 4.78 is 13.0. The van der Waals surface area contributed by atoms with Crippen molar-refractivity contribution in [1.29, 1.82) is 0 Å². The van der Waals surface area contributed by atoms with Crippen LogP contribution < -0.4 is 0 Å². The van der Waals surface area contributed by atoms with Gasteiger partial charge < -0.3 is 0 Å². The number of rotatable bonds is 1. The van der Waals surface area contributed by atoms with Gasteiger partial charge in [-0.15, -0.1) is 0 Å². The lowest BCUT2D eigenvalue weighted by molar-refractivity contribution is 0.1000. The third kappa shape index (κ3) is 2.28. The van der Waals surface area contributed by atoms with E-state index in [1.807, 2.05) is 5.16 Å². The van der Waals surface area contributed by atoms with Crippen molar-refractivity contribution < 1.29 is 9.18 Å². The summed E-state index contributed by atoms with van der Waals surface area (Å²) >= 11 is 4.24. The molecule has 0 atom stereocenters. The third-order valence-electron chi connectivity index (χ3n) is 1.50. The Bertz CT molecular complexity index is 397. The second kappa shape index (κ2) is 4.03. The Hall–Kier alpha value is -1.38. The molecule has 1 aromatic carbocycles. The van der Waals surface area contributed by atoms with E-state index in [0.29, 0.717) is 0 Å². The Morgan fingerprint density at radius 1 is 1.62 bits per heavy atom. The molecule has 1 aromatic rings. The van der Waals surface area contributed by atoms with Gasteiger partial charge in [0.05, 0.1) is 10.7 Å². The van der Waals surface area contributed by atoms with Crippen LogP contribution >= 0.6 is 12.2 Å². The maximum Gasteiger partial charge on any atom is 0.288 e. The fourth-order valence-electron chi connectivity index (χ4n) is 0.905. The van der Waals surface area contributed by atoms with Gasteiger partial charge in [-0.1, -0.05) is 11.6 Å². The van der Waals surface area contributed by atoms with Gasteiger partial charge in [0.2, 0.25) is 0 Å². The van der Waals surface area contributed by atoms with Crippen LogP contribution in [0.5, 0.6) is 0 Å². The monoisotopic (exact) mass is 195 g/mol. The first-order valence-electron chi connectivity index (χ1n) is 3.53. The Morgan fingerprint density at radius 2 is 2.31 bits per heavy atom. The van der Waals surface area contributed by atoms with Gasteiger partial charge in [-0.2, -0.15) is 4.99 Å². The van der Waals surface area contributed by atoms with Crippen LogP contribution in [0.4, 0.5) is 4.39 Å². The van der Waals surface area contributed by atoms with Crippen molar-refractivity contribution in [3.63, 3.8) is 0 Å². The summed E-state index contributed by atoms with van der Waals surface area (Å²) in [5, 5.41) is 1.90. The molecule has 66 valence electrons. The van der Waals surface area contributed by atoms with E-state index >= 15 is 0 Å². The van der Waals surface area contributed by atoms with Crippen LogP contribution in [0, 0.1) is 12.7 Å². The summed E-state index contributed by atoms with van der Waals surface area (Å²) in [6.45, 7) is 1.76. The number of aryl methyl sites for hydroxylation is 1. The van der Waals surface area contributed by atoms with E-state index in [0.717, 1.165) is 5.56 Å².